The molecule has 0 saturated carbocycles. The van der Waals surface area contributed by atoms with Gasteiger partial charge in [0.25, 0.3) is 0 Å². The highest BCUT2D eigenvalue weighted by Crippen LogP contribution is 2.27. The number of halogens is 2. The number of nitrogens with zero attached hydrogens (tertiary/aromatic N) is 1. The summed E-state index contributed by atoms with van der Waals surface area (Å²) in [7, 11) is -2.66. The molecular weight excluding hydrogens is 399 g/mol. The molecule has 1 N–H and O–H groups in total. The van der Waals surface area contributed by atoms with Crippen molar-refractivity contribution in [3.8, 4) is 5.75 Å². The predicted molar refractivity (Wildman–Crippen MR) is 103 cm³/mol. The van der Waals surface area contributed by atoms with E-state index < -0.39 is 15.9 Å². The van der Waals surface area contributed by atoms with E-state index in [2.05, 4.69) is 5.32 Å². The van der Waals surface area contributed by atoms with Crippen LogP contribution in [0, 0.1) is 0 Å². The third kappa shape index (κ3) is 5.11. The highest BCUT2D eigenvalue weighted by atomic mass is 35.5. The zero-order chi connectivity index (χ0) is 19.3. The van der Waals surface area contributed by atoms with Crippen LogP contribution in [-0.4, -0.2) is 38.8 Å². The average Bonchev–Trinajstić information content (AvgIpc) is 2.58. The average molecular weight is 417 g/mol. The lowest BCUT2D eigenvalue weighted by Crippen LogP contribution is -2.35. The molecule has 9 heteroatoms. The maximum Gasteiger partial charge on any atom is 0.244 e. The van der Waals surface area contributed by atoms with Gasteiger partial charge in [-0.15, -0.1) is 0 Å². The van der Waals surface area contributed by atoms with Crippen LogP contribution in [0.4, 0.5) is 5.69 Å². The molecule has 0 aromatic heterocycles. The van der Waals surface area contributed by atoms with Crippen molar-refractivity contribution in [2.75, 3.05) is 25.5 Å². The van der Waals surface area contributed by atoms with Gasteiger partial charge in [0.05, 0.1) is 18.2 Å². The molecular formula is C17H18Cl2N2O4S. The SMILES string of the molecule is CCOc1ccc(NC(=O)CN(C)S(=O)(=O)c2cc(Cl)ccc2Cl)cc1. The van der Waals surface area contributed by atoms with E-state index in [4.69, 9.17) is 27.9 Å². The number of carbonyl (C=O) groups excluding carboxylic acids is 1. The van der Waals surface area contributed by atoms with Crippen molar-refractivity contribution in [1.82, 2.24) is 4.31 Å². The van der Waals surface area contributed by atoms with E-state index in [1.54, 1.807) is 24.3 Å². The third-order valence-corrected chi connectivity index (χ3v) is 5.92. The van der Waals surface area contributed by atoms with E-state index in [0.29, 0.717) is 18.0 Å². The number of likely N-dealkylation sites (N-methyl/N-ethyl adjacent to an activating group) is 1. The van der Waals surface area contributed by atoms with Crippen molar-refractivity contribution in [2.45, 2.75) is 11.8 Å². The van der Waals surface area contributed by atoms with E-state index in [-0.39, 0.29) is 21.5 Å². The summed E-state index contributed by atoms with van der Waals surface area (Å²) in [5.74, 6) is 0.194. The van der Waals surface area contributed by atoms with Crippen LogP contribution >= 0.6 is 23.2 Å². The minimum atomic E-state index is -3.96. The van der Waals surface area contributed by atoms with Crippen LogP contribution in [0.15, 0.2) is 47.4 Å². The van der Waals surface area contributed by atoms with Gasteiger partial charge in [-0.25, -0.2) is 8.42 Å². The van der Waals surface area contributed by atoms with Crippen LogP contribution in [0.1, 0.15) is 6.92 Å². The smallest absolute Gasteiger partial charge is 0.244 e. The topological polar surface area (TPSA) is 75.7 Å². The summed E-state index contributed by atoms with van der Waals surface area (Å²) in [6.45, 7) is 2.04. The standard InChI is InChI=1S/C17H18Cl2N2O4S/c1-3-25-14-7-5-13(6-8-14)20-17(22)11-21(2)26(23,24)16-10-12(18)4-9-15(16)19/h4-10H,3,11H2,1-2H3,(H,20,22). The summed E-state index contributed by atoms with van der Waals surface area (Å²) in [6, 6.07) is 10.9. The molecule has 26 heavy (non-hydrogen) atoms. The molecule has 0 spiro atoms. The third-order valence-electron chi connectivity index (χ3n) is 3.40. The number of amides is 1. The van der Waals surface area contributed by atoms with Gasteiger partial charge in [0.2, 0.25) is 15.9 Å². The van der Waals surface area contributed by atoms with Crippen LogP contribution in [0.5, 0.6) is 5.75 Å². The Morgan fingerprint density at radius 2 is 1.81 bits per heavy atom. The molecule has 6 nitrogen and oxygen atoms in total. The van der Waals surface area contributed by atoms with Crippen LogP contribution < -0.4 is 10.1 Å². The molecule has 1 amide bonds. The van der Waals surface area contributed by atoms with Gasteiger partial charge in [-0.3, -0.25) is 4.79 Å². The quantitative estimate of drug-likeness (QED) is 0.746. The van der Waals surface area contributed by atoms with Gasteiger partial charge in [0.15, 0.2) is 0 Å². The molecule has 0 aliphatic carbocycles. The fourth-order valence-corrected chi connectivity index (χ4v) is 3.99. The number of hydrogen-bond donors (Lipinski definition) is 1. The Hall–Kier alpha value is -1.80. The number of hydrogen-bond acceptors (Lipinski definition) is 4. The Balaban J connectivity index is 2.07. The van der Waals surface area contributed by atoms with E-state index in [1.807, 2.05) is 6.92 Å². The largest absolute Gasteiger partial charge is 0.494 e. The first-order valence-electron chi connectivity index (χ1n) is 7.68. The fraction of sp³-hybridized carbons (Fsp3) is 0.235. The van der Waals surface area contributed by atoms with Gasteiger partial charge < -0.3 is 10.1 Å². The summed E-state index contributed by atoms with van der Waals surface area (Å²) in [6.07, 6.45) is 0. The van der Waals surface area contributed by atoms with E-state index in [1.165, 1.54) is 25.2 Å². The molecule has 2 aromatic rings. The Bertz CT molecular complexity index is 886. The molecule has 2 rings (SSSR count). The zero-order valence-corrected chi connectivity index (χ0v) is 16.5. The van der Waals surface area contributed by atoms with Gasteiger partial charge in [-0.2, -0.15) is 4.31 Å². The maximum atomic E-state index is 12.6. The van der Waals surface area contributed by atoms with Crippen molar-refractivity contribution in [3.63, 3.8) is 0 Å². The zero-order valence-electron chi connectivity index (χ0n) is 14.2. The minimum absolute atomic E-state index is 0.0353. The number of benzene rings is 2. The summed E-state index contributed by atoms with van der Waals surface area (Å²) < 4.78 is 31.4. The number of sulfonamides is 1. The van der Waals surface area contributed by atoms with E-state index in [9.17, 15) is 13.2 Å². The number of carbonyl (C=O) groups is 1. The van der Waals surface area contributed by atoms with E-state index in [0.717, 1.165) is 4.31 Å². The van der Waals surface area contributed by atoms with Crippen molar-refractivity contribution in [1.29, 1.82) is 0 Å². The van der Waals surface area contributed by atoms with E-state index >= 15 is 0 Å². The normalized spacial score (nSPS) is 11.4. The van der Waals surface area contributed by atoms with Crippen molar-refractivity contribution in [2.24, 2.45) is 0 Å². The fourth-order valence-electron chi connectivity index (χ4n) is 2.13. The van der Waals surface area contributed by atoms with Crippen LogP contribution in [-0.2, 0) is 14.8 Å². The Kier molecular flexibility index (Phi) is 6.88. The first-order valence-corrected chi connectivity index (χ1v) is 9.87. The molecule has 140 valence electrons. The summed E-state index contributed by atoms with van der Waals surface area (Å²) >= 11 is 11.8. The summed E-state index contributed by atoms with van der Waals surface area (Å²) in [4.78, 5) is 12.0. The minimum Gasteiger partial charge on any atom is -0.494 e. The highest BCUT2D eigenvalue weighted by molar-refractivity contribution is 7.89. The molecule has 0 fully saturated rings. The lowest BCUT2D eigenvalue weighted by atomic mass is 10.3. The first-order chi connectivity index (χ1) is 12.2. The van der Waals surface area contributed by atoms with Crippen LogP contribution in [0.3, 0.4) is 0 Å². The monoisotopic (exact) mass is 416 g/mol. The first kappa shape index (κ1) is 20.5. The number of rotatable bonds is 7. The van der Waals surface area contributed by atoms with Crippen molar-refractivity contribution >= 4 is 44.8 Å². The van der Waals surface area contributed by atoms with Gasteiger partial charge in [-0.1, -0.05) is 23.2 Å². The molecule has 0 radical (unpaired) electrons. The molecule has 0 saturated heterocycles. The molecule has 2 aromatic carbocycles. The highest BCUT2D eigenvalue weighted by Gasteiger charge is 2.25. The molecule has 0 atom stereocenters. The van der Waals surface area contributed by atoms with Gasteiger partial charge in [-0.05, 0) is 49.4 Å². The Morgan fingerprint density at radius 1 is 1.15 bits per heavy atom. The van der Waals surface area contributed by atoms with Crippen molar-refractivity contribution in [3.05, 3.63) is 52.5 Å². The lowest BCUT2D eigenvalue weighted by molar-refractivity contribution is -0.116. The molecule has 0 bridgehead atoms. The number of nitrogens with one attached hydrogen (secondary N) is 1. The summed E-state index contributed by atoms with van der Waals surface area (Å²) in [5, 5.41) is 2.90. The Morgan fingerprint density at radius 3 is 2.42 bits per heavy atom. The molecule has 0 unspecified atom stereocenters. The van der Waals surface area contributed by atoms with Gasteiger partial charge in [0.1, 0.15) is 10.6 Å². The second-order valence-electron chi connectivity index (χ2n) is 5.34. The lowest BCUT2D eigenvalue weighted by Gasteiger charge is -2.18. The molecule has 0 heterocycles. The second-order valence-corrected chi connectivity index (χ2v) is 8.20. The summed E-state index contributed by atoms with van der Waals surface area (Å²) in [5.41, 5.74) is 0.532. The number of anilines is 1. The number of ether oxygens (including phenoxy) is 1. The molecule has 0 aliphatic heterocycles. The predicted octanol–water partition coefficient (Wildman–Crippen LogP) is 3.65. The second kappa shape index (κ2) is 8.73. The van der Waals surface area contributed by atoms with Gasteiger partial charge in [0, 0.05) is 17.8 Å². The van der Waals surface area contributed by atoms with Gasteiger partial charge >= 0.3 is 0 Å². The van der Waals surface area contributed by atoms with Crippen LogP contribution in [0.25, 0.3) is 0 Å². The maximum absolute atomic E-state index is 12.6. The Labute approximate surface area is 162 Å². The van der Waals surface area contributed by atoms with Crippen LogP contribution in [0.2, 0.25) is 10.0 Å². The van der Waals surface area contributed by atoms with Crippen molar-refractivity contribution < 1.29 is 17.9 Å². The molecule has 0 aliphatic rings.